The number of benzene rings is 1. The van der Waals surface area contributed by atoms with Crippen molar-refractivity contribution in [1.29, 1.82) is 0 Å². The van der Waals surface area contributed by atoms with Crippen molar-refractivity contribution < 1.29 is 9.53 Å². The first-order valence-electron chi connectivity index (χ1n) is 8.22. The van der Waals surface area contributed by atoms with Gasteiger partial charge in [-0.25, -0.2) is 14.8 Å². The zero-order chi connectivity index (χ0) is 16.2. The van der Waals surface area contributed by atoms with Gasteiger partial charge in [0.1, 0.15) is 11.6 Å². The van der Waals surface area contributed by atoms with Crippen LogP contribution in [0.25, 0.3) is 0 Å². The molecule has 0 spiro atoms. The fourth-order valence-corrected chi connectivity index (χ4v) is 2.94. The van der Waals surface area contributed by atoms with Gasteiger partial charge in [0.15, 0.2) is 0 Å². The molecule has 0 N–H and O–H groups in total. The van der Waals surface area contributed by atoms with Crippen LogP contribution in [0.2, 0.25) is 0 Å². The Labute approximate surface area is 136 Å². The lowest BCUT2D eigenvalue weighted by atomic mass is 9.82. The maximum Gasteiger partial charge on any atom is 0.346 e. The van der Waals surface area contributed by atoms with Crippen LogP contribution >= 0.6 is 0 Å². The number of aromatic nitrogens is 2. The van der Waals surface area contributed by atoms with E-state index < -0.39 is 5.97 Å². The Morgan fingerprint density at radius 1 is 1.04 bits per heavy atom. The maximum absolute atomic E-state index is 12.1. The van der Waals surface area contributed by atoms with Gasteiger partial charge in [0.25, 0.3) is 0 Å². The summed E-state index contributed by atoms with van der Waals surface area (Å²) in [6, 6.07) is 7.38. The molecule has 0 unspecified atom stereocenters. The van der Waals surface area contributed by atoms with Crippen LogP contribution in [0.15, 0.2) is 36.7 Å². The fraction of sp³-hybridized carbons (Fsp3) is 0.421. The topological polar surface area (TPSA) is 52.1 Å². The molecule has 1 aliphatic rings. The Kier molecular flexibility index (Phi) is 4.70. The van der Waals surface area contributed by atoms with Crippen LogP contribution in [0.5, 0.6) is 5.75 Å². The summed E-state index contributed by atoms with van der Waals surface area (Å²) < 4.78 is 5.34. The number of esters is 1. The first-order valence-corrected chi connectivity index (χ1v) is 8.22. The molecule has 1 saturated carbocycles. The lowest BCUT2D eigenvalue weighted by Gasteiger charge is -2.24. The fourth-order valence-electron chi connectivity index (χ4n) is 2.94. The van der Waals surface area contributed by atoms with Crippen LogP contribution in [0.1, 0.15) is 60.3 Å². The van der Waals surface area contributed by atoms with Gasteiger partial charge in [-0.15, -0.1) is 0 Å². The van der Waals surface area contributed by atoms with E-state index in [0.29, 0.717) is 17.2 Å². The predicted octanol–water partition coefficient (Wildman–Crippen LogP) is 4.30. The molecule has 0 amide bonds. The Balaban J connectivity index is 1.64. The van der Waals surface area contributed by atoms with Crippen LogP contribution < -0.4 is 4.74 Å². The van der Waals surface area contributed by atoms with Gasteiger partial charge in [-0.1, -0.05) is 37.5 Å². The molecule has 120 valence electrons. The Hall–Kier alpha value is -2.23. The standard InChI is InChI=1S/C19H22N2O2/c1-13-3-7-15(8-4-13)18-20-11-16(12-21-18)19(22)23-17-9-5-14(2)6-10-17/h5-6,9-13,15H,3-4,7-8H2,1-2H3. The highest BCUT2D eigenvalue weighted by molar-refractivity contribution is 5.90. The van der Waals surface area contributed by atoms with Crippen LogP contribution in [0.3, 0.4) is 0 Å². The summed E-state index contributed by atoms with van der Waals surface area (Å²) in [6.07, 6.45) is 7.88. The molecule has 1 heterocycles. The van der Waals surface area contributed by atoms with Crippen LogP contribution in [0.4, 0.5) is 0 Å². The molecule has 0 bridgehead atoms. The molecule has 0 radical (unpaired) electrons. The second-order valence-corrected chi connectivity index (χ2v) is 6.49. The normalized spacial score (nSPS) is 21.0. The van der Waals surface area contributed by atoms with E-state index in [1.807, 2.05) is 19.1 Å². The minimum absolute atomic E-state index is 0.388. The third kappa shape index (κ3) is 3.95. The number of hydrogen-bond donors (Lipinski definition) is 0. The monoisotopic (exact) mass is 310 g/mol. The Morgan fingerprint density at radius 3 is 2.26 bits per heavy atom. The number of aryl methyl sites for hydroxylation is 1. The lowest BCUT2D eigenvalue weighted by molar-refractivity contribution is 0.0733. The van der Waals surface area contributed by atoms with Gasteiger partial charge in [-0.2, -0.15) is 0 Å². The number of carbonyl (C=O) groups is 1. The van der Waals surface area contributed by atoms with E-state index in [2.05, 4.69) is 16.9 Å². The van der Waals surface area contributed by atoms with Gasteiger partial charge in [-0.05, 0) is 37.8 Å². The van der Waals surface area contributed by atoms with Crippen molar-refractivity contribution in [2.75, 3.05) is 0 Å². The van der Waals surface area contributed by atoms with E-state index in [1.165, 1.54) is 12.8 Å². The van der Waals surface area contributed by atoms with Gasteiger partial charge < -0.3 is 4.74 Å². The summed E-state index contributed by atoms with van der Waals surface area (Å²) >= 11 is 0. The van der Waals surface area contributed by atoms with Gasteiger partial charge in [0, 0.05) is 18.3 Å². The highest BCUT2D eigenvalue weighted by Crippen LogP contribution is 2.33. The van der Waals surface area contributed by atoms with Gasteiger partial charge >= 0.3 is 5.97 Å². The van der Waals surface area contributed by atoms with Crippen molar-refractivity contribution in [2.24, 2.45) is 5.92 Å². The lowest BCUT2D eigenvalue weighted by Crippen LogP contribution is -2.15. The highest BCUT2D eigenvalue weighted by Gasteiger charge is 2.22. The van der Waals surface area contributed by atoms with Gasteiger partial charge in [0.05, 0.1) is 5.56 Å². The van der Waals surface area contributed by atoms with E-state index in [4.69, 9.17) is 4.74 Å². The van der Waals surface area contributed by atoms with Gasteiger partial charge in [0.2, 0.25) is 0 Å². The smallest absolute Gasteiger partial charge is 0.346 e. The quantitative estimate of drug-likeness (QED) is 0.626. The summed E-state index contributed by atoms with van der Waals surface area (Å²) in [5, 5.41) is 0. The minimum Gasteiger partial charge on any atom is -0.423 e. The first kappa shape index (κ1) is 15.7. The van der Waals surface area contributed by atoms with Crippen LogP contribution in [-0.2, 0) is 0 Å². The number of nitrogens with zero attached hydrogens (tertiary/aromatic N) is 2. The first-order chi connectivity index (χ1) is 11.1. The average molecular weight is 310 g/mol. The van der Waals surface area contributed by atoms with Crippen molar-refractivity contribution in [2.45, 2.75) is 45.4 Å². The van der Waals surface area contributed by atoms with Crippen LogP contribution in [0, 0.1) is 12.8 Å². The molecule has 23 heavy (non-hydrogen) atoms. The van der Waals surface area contributed by atoms with E-state index >= 15 is 0 Å². The average Bonchev–Trinajstić information content (AvgIpc) is 2.58. The molecule has 3 rings (SSSR count). The molecular formula is C19H22N2O2. The molecular weight excluding hydrogens is 288 g/mol. The minimum atomic E-state index is -0.419. The SMILES string of the molecule is Cc1ccc(OC(=O)c2cnc(C3CCC(C)CC3)nc2)cc1. The van der Waals surface area contributed by atoms with E-state index in [-0.39, 0.29) is 0 Å². The molecule has 1 aliphatic carbocycles. The molecule has 1 aromatic heterocycles. The molecule has 0 atom stereocenters. The molecule has 0 saturated heterocycles. The molecule has 0 aliphatic heterocycles. The number of carbonyl (C=O) groups excluding carboxylic acids is 1. The van der Waals surface area contributed by atoms with E-state index in [9.17, 15) is 4.79 Å². The van der Waals surface area contributed by atoms with Gasteiger partial charge in [-0.3, -0.25) is 0 Å². The summed E-state index contributed by atoms with van der Waals surface area (Å²) in [4.78, 5) is 20.9. The highest BCUT2D eigenvalue weighted by atomic mass is 16.5. The van der Waals surface area contributed by atoms with Crippen molar-refractivity contribution in [3.8, 4) is 5.75 Å². The zero-order valence-corrected chi connectivity index (χ0v) is 13.7. The molecule has 4 heteroatoms. The summed E-state index contributed by atoms with van der Waals surface area (Å²) in [5.74, 6) is 2.19. The molecule has 2 aromatic rings. The van der Waals surface area contributed by atoms with Crippen molar-refractivity contribution in [3.63, 3.8) is 0 Å². The molecule has 4 nitrogen and oxygen atoms in total. The maximum atomic E-state index is 12.1. The number of ether oxygens (including phenoxy) is 1. The zero-order valence-electron chi connectivity index (χ0n) is 13.7. The van der Waals surface area contributed by atoms with Crippen molar-refractivity contribution in [1.82, 2.24) is 9.97 Å². The van der Waals surface area contributed by atoms with Crippen molar-refractivity contribution >= 4 is 5.97 Å². The summed E-state index contributed by atoms with van der Waals surface area (Å²) in [5.41, 5.74) is 1.51. The van der Waals surface area contributed by atoms with Crippen molar-refractivity contribution in [3.05, 3.63) is 53.6 Å². The molecule has 1 fully saturated rings. The van der Waals surface area contributed by atoms with E-state index in [0.717, 1.165) is 30.1 Å². The second kappa shape index (κ2) is 6.90. The third-order valence-electron chi connectivity index (χ3n) is 4.52. The Morgan fingerprint density at radius 2 is 1.65 bits per heavy atom. The summed E-state index contributed by atoms with van der Waals surface area (Å²) in [7, 11) is 0. The Bertz CT molecular complexity index is 657. The van der Waals surface area contributed by atoms with Crippen LogP contribution in [-0.4, -0.2) is 15.9 Å². The van der Waals surface area contributed by atoms with E-state index in [1.54, 1.807) is 24.5 Å². The number of hydrogen-bond acceptors (Lipinski definition) is 4. The third-order valence-corrected chi connectivity index (χ3v) is 4.52. The second-order valence-electron chi connectivity index (χ2n) is 6.49. The summed E-state index contributed by atoms with van der Waals surface area (Å²) in [6.45, 7) is 4.28. The number of rotatable bonds is 3. The largest absolute Gasteiger partial charge is 0.423 e. The predicted molar refractivity (Wildman–Crippen MR) is 88.5 cm³/mol. The molecule has 1 aromatic carbocycles.